The molecular formula is C19H26N2O3. The van der Waals surface area contributed by atoms with Crippen LogP contribution >= 0.6 is 0 Å². The third-order valence-corrected chi connectivity index (χ3v) is 4.61. The van der Waals surface area contributed by atoms with Gasteiger partial charge in [-0.2, -0.15) is 0 Å². The fraction of sp³-hybridized carbons (Fsp3) is 0.474. The standard InChI is InChI=1S/C19H26N2O3/c1-3-15-12-17(19(23)24)21-18(15)16(20-13(2)22)11-7-10-14-8-5-4-6-9-14/h3-6,8-9,15-18,21H,1,7,10-12H2,2H3,(H,20,22)(H,23,24)/t15-,16+,17-,18?/m1/s1. The molecular weight excluding hydrogens is 304 g/mol. The number of aliphatic carboxylic acids is 1. The highest BCUT2D eigenvalue weighted by Gasteiger charge is 2.39. The molecule has 1 aliphatic rings. The van der Waals surface area contributed by atoms with E-state index in [2.05, 4.69) is 29.3 Å². The lowest BCUT2D eigenvalue weighted by molar-refractivity contribution is -0.139. The average Bonchev–Trinajstić information content (AvgIpc) is 2.99. The molecule has 0 aliphatic carbocycles. The van der Waals surface area contributed by atoms with E-state index in [0.29, 0.717) is 6.42 Å². The van der Waals surface area contributed by atoms with Crippen LogP contribution in [0.4, 0.5) is 0 Å². The molecule has 0 radical (unpaired) electrons. The van der Waals surface area contributed by atoms with Crippen molar-refractivity contribution in [2.24, 2.45) is 5.92 Å². The summed E-state index contributed by atoms with van der Waals surface area (Å²) < 4.78 is 0. The zero-order valence-electron chi connectivity index (χ0n) is 14.1. The number of nitrogens with one attached hydrogen (secondary N) is 2. The molecule has 1 aromatic carbocycles. The minimum Gasteiger partial charge on any atom is -0.480 e. The molecule has 1 unspecified atom stereocenters. The predicted octanol–water partition coefficient (Wildman–Crippen LogP) is 2.13. The molecule has 3 N–H and O–H groups in total. The Morgan fingerprint density at radius 1 is 1.42 bits per heavy atom. The first kappa shape index (κ1) is 18.2. The van der Waals surface area contributed by atoms with Crippen LogP contribution in [0.25, 0.3) is 0 Å². The second-order valence-electron chi connectivity index (χ2n) is 6.40. The number of rotatable bonds is 8. The van der Waals surface area contributed by atoms with Gasteiger partial charge in [-0.25, -0.2) is 0 Å². The van der Waals surface area contributed by atoms with Gasteiger partial charge < -0.3 is 10.4 Å². The van der Waals surface area contributed by atoms with Crippen LogP contribution in [0.3, 0.4) is 0 Å². The third-order valence-electron chi connectivity index (χ3n) is 4.61. The Morgan fingerprint density at radius 2 is 2.12 bits per heavy atom. The maximum atomic E-state index is 11.6. The molecule has 0 spiro atoms. The molecule has 5 heteroatoms. The summed E-state index contributed by atoms with van der Waals surface area (Å²) >= 11 is 0. The van der Waals surface area contributed by atoms with Crippen LogP contribution in [0.15, 0.2) is 43.0 Å². The SMILES string of the molecule is C=C[C@@H]1C[C@H](C(=O)O)NC1[C@H](CCCc1ccccc1)NC(C)=O. The Bertz CT molecular complexity index is 573. The number of hydrogen-bond donors (Lipinski definition) is 3. The average molecular weight is 330 g/mol. The van der Waals surface area contributed by atoms with Crippen LogP contribution < -0.4 is 10.6 Å². The van der Waals surface area contributed by atoms with Crippen LogP contribution in [-0.2, 0) is 16.0 Å². The smallest absolute Gasteiger partial charge is 0.320 e. The lowest BCUT2D eigenvalue weighted by Gasteiger charge is -2.28. The quantitative estimate of drug-likeness (QED) is 0.638. The molecule has 0 saturated carbocycles. The molecule has 1 amide bonds. The number of amides is 1. The molecule has 1 saturated heterocycles. The lowest BCUT2D eigenvalue weighted by Crippen LogP contribution is -2.51. The van der Waals surface area contributed by atoms with Crippen molar-refractivity contribution in [3.8, 4) is 0 Å². The first-order chi connectivity index (χ1) is 11.5. The number of hydrogen-bond acceptors (Lipinski definition) is 3. The number of benzene rings is 1. The van der Waals surface area contributed by atoms with Crippen LogP contribution in [0.1, 0.15) is 31.7 Å². The van der Waals surface area contributed by atoms with E-state index in [1.165, 1.54) is 12.5 Å². The van der Waals surface area contributed by atoms with Crippen LogP contribution in [0, 0.1) is 5.92 Å². The van der Waals surface area contributed by atoms with E-state index in [1.807, 2.05) is 18.2 Å². The number of carboxylic acid groups (broad SMARTS) is 1. The first-order valence-electron chi connectivity index (χ1n) is 8.43. The summed E-state index contributed by atoms with van der Waals surface area (Å²) in [5, 5.41) is 15.4. The van der Waals surface area contributed by atoms with Gasteiger partial charge >= 0.3 is 5.97 Å². The van der Waals surface area contributed by atoms with Gasteiger partial charge in [0.15, 0.2) is 0 Å². The lowest BCUT2D eigenvalue weighted by atomic mass is 9.90. The molecule has 1 fully saturated rings. The highest BCUT2D eigenvalue weighted by molar-refractivity contribution is 5.75. The highest BCUT2D eigenvalue weighted by Crippen LogP contribution is 2.26. The van der Waals surface area contributed by atoms with Crippen LogP contribution in [-0.4, -0.2) is 35.1 Å². The van der Waals surface area contributed by atoms with Crippen molar-refractivity contribution >= 4 is 11.9 Å². The largest absolute Gasteiger partial charge is 0.480 e. The highest BCUT2D eigenvalue weighted by atomic mass is 16.4. The first-order valence-corrected chi connectivity index (χ1v) is 8.43. The molecule has 0 bridgehead atoms. The zero-order valence-corrected chi connectivity index (χ0v) is 14.1. The van der Waals surface area contributed by atoms with Crippen molar-refractivity contribution < 1.29 is 14.7 Å². The topological polar surface area (TPSA) is 78.4 Å². The zero-order chi connectivity index (χ0) is 17.5. The van der Waals surface area contributed by atoms with Gasteiger partial charge in [0.1, 0.15) is 6.04 Å². The molecule has 2 rings (SSSR count). The molecule has 0 aromatic heterocycles. The summed E-state index contributed by atoms with van der Waals surface area (Å²) in [5.74, 6) is -0.905. The summed E-state index contributed by atoms with van der Waals surface area (Å²) in [5.41, 5.74) is 1.27. The van der Waals surface area contributed by atoms with Gasteiger partial charge in [-0.1, -0.05) is 36.4 Å². The Labute approximate surface area is 143 Å². The molecule has 130 valence electrons. The second kappa shape index (κ2) is 8.64. The van der Waals surface area contributed by atoms with Gasteiger partial charge in [-0.3, -0.25) is 14.9 Å². The maximum Gasteiger partial charge on any atom is 0.320 e. The Hall–Kier alpha value is -2.14. The van der Waals surface area contributed by atoms with Crippen molar-refractivity contribution in [1.29, 1.82) is 0 Å². The monoisotopic (exact) mass is 330 g/mol. The van der Waals surface area contributed by atoms with Crippen molar-refractivity contribution in [2.75, 3.05) is 0 Å². The summed E-state index contributed by atoms with van der Waals surface area (Å²) in [4.78, 5) is 22.8. The molecule has 24 heavy (non-hydrogen) atoms. The Balaban J connectivity index is 2.00. The van der Waals surface area contributed by atoms with Crippen molar-refractivity contribution in [3.63, 3.8) is 0 Å². The van der Waals surface area contributed by atoms with Crippen molar-refractivity contribution in [2.45, 2.75) is 50.7 Å². The molecule has 4 atom stereocenters. The van der Waals surface area contributed by atoms with Gasteiger partial charge in [0.2, 0.25) is 5.91 Å². The summed E-state index contributed by atoms with van der Waals surface area (Å²) in [6, 6.07) is 9.44. The fourth-order valence-corrected chi connectivity index (χ4v) is 3.45. The van der Waals surface area contributed by atoms with E-state index >= 15 is 0 Å². The van der Waals surface area contributed by atoms with Crippen LogP contribution in [0.2, 0.25) is 0 Å². The number of carboxylic acids is 1. The van der Waals surface area contributed by atoms with E-state index < -0.39 is 12.0 Å². The Morgan fingerprint density at radius 3 is 2.71 bits per heavy atom. The van der Waals surface area contributed by atoms with Gasteiger partial charge in [-0.05, 0) is 37.2 Å². The van der Waals surface area contributed by atoms with Gasteiger partial charge in [0.25, 0.3) is 0 Å². The number of carbonyl (C=O) groups excluding carboxylic acids is 1. The van der Waals surface area contributed by atoms with Crippen LogP contribution in [0.5, 0.6) is 0 Å². The van der Waals surface area contributed by atoms with E-state index in [9.17, 15) is 14.7 Å². The van der Waals surface area contributed by atoms with E-state index in [-0.39, 0.29) is 23.9 Å². The molecule has 1 aromatic rings. The van der Waals surface area contributed by atoms with Gasteiger partial charge in [0, 0.05) is 19.0 Å². The summed E-state index contributed by atoms with van der Waals surface area (Å²) in [6.07, 6.45) is 4.97. The number of aryl methyl sites for hydroxylation is 1. The minimum atomic E-state index is -0.852. The summed E-state index contributed by atoms with van der Waals surface area (Å²) in [7, 11) is 0. The maximum absolute atomic E-state index is 11.6. The Kier molecular flexibility index (Phi) is 6.55. The van der Waals surface area contributed by atoms with E-state index in [4.69, 9.17) is 0 Å². The minimum absolute atomic E-state index is 0.0414. The van der Waals surface area contributed by atoms with Gasteiger partial charge in [-0.15, -0.1) is 6.58 Å². The fourth-order valence-electron chi connectivity index (χ4n) is 3.45. The van der Waals surface area contributed by atoms with E-state index in [0.717, 1.165) is 19.3 Å². The molecule has 5 nitrogen and oxygen atoms in total. The van der Waals surface area contributed by atoms with Gasteiger partial charge in [0.05, 0.1) is 0 Å². The van der Waals surface area contributed by atoms with E-state index in [1.54, 1.807) is 6.08 Å². The number of carbonyl (C=O) groups is 2. The molecule has 1 heterocycles. The summed E-state index contributed by atoms with van der Waals surface area (Å²) in [6.45, 7) is 5.33. The molecule has 1 aliphatic heterocycles. The van der Waals surface area contributed by atoms with Crippen molar-refractivity contribution in [1.82, 2.24) is 10.6 Å². The second-order valence-corrected chi connectivity index (χ2v) is 6.40. The van der Waals surface area contributed by atoms with Crippen molar-refractivity contribution in [3.05, 3.63) is 48.6 Å². The third kappa shape index (κ3) is 4.93. The normalized spacial score (nSPS) is 24.3. The predicted molar refractivity (Wildman–Crippen MR) is 93.6 cm³/mol.